The molecule has 3 rings (SSSR count). The Balaban J connectivity index is 1.95. The Bertz CT molecular complexity index is 1050. The van der Waals surface area contributed by atoms with Crippen LogP contribution in [0.15, 0.2) is 78.9 Å². The third kappa shape index (κ3) is 6.94. The Hall–Kier alpha value is -3.60. The molecule has 172 valence electrons. The number of hydrogen-bond donors (Lipinski definition) is 1. The van der Waals surface area contributed by atoms with Gasteiger partial charge in [-0.25, -0.2) is 0 Å². The molecule has 1 atom stereocenters. The highest BCUT2D eigenvalue weighted by Gasteiger charge is 2.30. The molecule has 0 aromatic heterocycles. The summed E-state index contributed by atoms with van der Waals surface area (Å²) in [5.41, 5.74) is 3.99. The molecule has 33 heavy (non-hydrogen) atoms. The zero-order chi connectivity index (χ0) is 23.6. The van der Waals surface area contributed by atoms with Crippen molar-refractivity contribution in [1.82, 2.24) is 10.2 Å². The van der Waals surface area contributed by atoms with Gasteiger partial charge in [-0.3, -0.25) is 9.59 Å². The Morgan fingerprint density at radius 3 is 2.27 bits per heavy atom. The number of amides is 2. The van der Waals surface area contributed by atoms with Crippen molar-refractivity contribution in [2.75, 3.05) is 13.7 Å². The molecule has 0 saturated carbocycles. The van der Waals surface area contributed by atoms with Crippen LogP contribution in [0, 0.1) is 6.92 Å². The van der Waals surface area contributed by atoms with E-state index in [0.29, 0.717) is 19.5 Å². The SMILES string of the molecule is CCNC(=O)C(Cc1ccccc1)N(Cc1cccc(OC)c1)C(=O)Cc1ccc(C)cc1. The van der Waals surface area contributed by atoms with E-state index in [0.717, 1.165) is 28.0 Å². The van der Waals surface area contributed by atoms with E-state index < -0.39 is 6.04 Å². The topological polar surface area (TPSA) is 58.6 Å². The van der Waals surface area contributed by atoms with E-state index in [1.165, 1.54) is 0 Å². The van der Waals surface area contributed by atoms with Crippen LogP contribution in [-0.4, -0.2) is 36.4 Å². The fourth-order valence-electron chi connectivity index (χ4n) is 3.80. The minimum atomic E-state index is -0.628. The third-order valence-corrected chi connectivity index (χ3v) is 5.59. The van der Waals surface area contributed by atoms with Crippen LogP contribution >= 0.6 is 0 Å². The fraction of sp³-hybridized carbons (Fsp3) is 0.286. The summed E-state index contributed by atoms with van der Waals surface area (Å²) in [6.07, 6.45) is 0.672. The van der Waals surface area contributed by atoms with Crippen LogP contribution in [0.25, 0.3) is 0 Å². The van der Waals surface area contributed by atoms with Gasteiger partial charge in [0.1, 0.15) is 11.8 Å². The van der Waals surface area contributed by atoms with Crippen LogP contribution in [0.2, 0.25) is 0 Å². The van der Waals surface area contributed by atoms with E-state index in [9.17, 15) is 9.59 Å². The molecule has 5 nitrogen and oxygen atoms in total. The van der Waals surface area contributed by atoms with Crippen molar-refractivity contribution >= 4 is 11.8 Å². The van der Waals surface area contributed by atoms with Crippen molar-refractivity contribution in [3.8, 4) is 5.75 Å². The average Bonchev–Trinajstić information content (AvgIpc) is 2.83. The maximum absolute atomic E-state index is 13.6. The van der Waals surface area contributed by atoms with Gasteiger partial charge in [0.15, 0.2) is 0 Å². The highest BCUT2D eigenvalue weighted by molar-refractivity contribution is 5.88. The number of nitrogens with one attached hydrogen (secondary N) is 1. The monoisotopic (exact) mass is 444 g/mol. The van der Waals surface area contributed by atoms with E-state index in [4.69, 9.17) is 4.74 Å². The van der Waals surface area contributed by atoms with Crippen LogP contribution in [-0.2, 0) is 29.0 Å². The van der Waals surface area contributed by atoms with Gasteiger partial charge in [-0.05, 0) is 42.7 Å². The maximum Gasteiger partial charge on any atom is 0.243 e. The van der Waals surface area contributed by atoms with Crippen molar-refractivity contribution in [2.45, 2.75) is 39.3 Å². The van der Waals surface area contributed by atoms with Gasteiger partial charge in [-0.15, -0.1) is 0 Å². The summed E-state index contributed by atoms with van der Waals surface area (Å²) in [6, 6.07) is 24.7. The van der Waals surface area contributed by atoms with Crippen LogP contribution in [0.1, 0.15) is 29.2 Å². The van der Waals surface area contributed by atoms with Crippen LogP contribution < -0.4 is 10.1 Å². The number of likely N-dealkylation sites (N-methyl/N-ethyl adjacent to an activating group) is 1. The number of hydrogen-bond acceptors (Lipinski definition) is 3. The number of benzene rings is 3. The standard InChI is InChI=1S/C28H32N2O3/c1-4-29-28(32)26(18-22-9-6-5-7-10-22)30(20-24-11-8-12-25(17-24)33-3)27(31)19-23-15-13-21(2)14-16-23/h5-17,26H,4,18-20H2,1-3H3,(H,29,32). The van der Waals surface area contributed by atoms with Gasteiger partial charge in [0.25, 0.3) is 0 Å². The zero-order valence-corrected chi connectivity index (χ0v) is 19.6. The number of carbonyl (C=O) groups excluding carboxylic acids is 2. The molecule has 0 saturated heterocycles. The van der Waals surface area contributed by atoms with Crippen molar-refractivity contribution in [3.05, 3.63) is 101 Å². The predicted molar refractivity (Wildman–Crippen MR) is 131 cm³/mol. The lowest BCUT2D eigenvalue weighted by Gasteiger charge is -2.31. The maximum atomic E-state index is 13.6. The molecule has 1 unspecified atom stereocenters. The van der Waals surface area contributed by atoms with Crippen LogP contribution in [0.4, 0.5) is 0 Å². The van der Waals surface area contributed by atoms with Gasteiger partial charge in [0.2, 0.25) is 11.8 Å². The van der Waals surface area contributed by atoms with Gasteiger partial charge in [-0.2, -0.15) is 0 Å². The van der Waals surface area contributed by atoms with Crippen molar-refractivity contribution < 1.29 is 14.3 Å². The molecule has 0 aliphatic heterocycles. The first-order chi connectivity index (χ1) is 16.0. The number of nitrogens with zero attached hydrogens (tertiary/aromatic N) is 1. The Morgan fingerprint density at radius 1 is 0.909 bits per heavy atom. The van der Waals surface area contributed by atoms with Crippen LogP contribution in [0.5, 0.6) is 5.75 Å². The summed E-state index contributed by atoms with van der Waals surface area (Å²) in [5.74, 6) is 0.478. The Kier molecular flexibility index (Phi) is 8.64. The molecule has 0 radical (unpaired) electrons. The quantitative estimate of drug-likeness (QED) is 0.507. The van der Waals surface area contributed by atoms with Gasteiger partial charge < -0.3 is 15.0 Å². The van der Waals surface area contributed by atoms with Gasteiger partial charge in [0.05, 0.1) is 13.5 Å². The lowest BCUT2D eigenvalue weighted by Crippen LogP contribution is -2.50. The Morgan fingerprint density at radius 2 is 1.61 bits per heavy atom. The predicted octanol–water partition coefficient (Wildman–Crippen LogP) is 4.32. The largest absolute Gasteiger partial charge is 0.497 e. The number of methoxy groups -OCH3 is 1. The second-order valence-corrected chi connectivity index (χ2v) is 8.14. The van der Waals surface area contributed by atoms with E-state index in [1.54, 1.807) is 12.0 Å². The molecular formula is C28H32N2O3. The first-order valence-corrected chi connectivity index (χ1v) is 11.3. The smallest absolute Gasteiger partial charge is 0.243 e. The zero-order valence-electron chi connectivity index (χ0n) is 19.6. The summed E-state index contributed by atoms with van der Waals surface area (Å²) in [6.45, 7) is 4.73. The molecule has 0 aliphatic carbocycles. The molecule has 3 aromatic rings. The summed E-state index contributed by atoms with van der Waals surface area (Å²) in [7, 11) is 1.62. The average molecular weight is 445 g/mol. The number of aryl methyl sites for hydroxylation is 1. The molecule has 5 heteroatoms. The van der Waals surface area contributed by atoms with Crippen molar-refractivity contribution in [2.24, 2.45) is 0 Å². The molecule has 0 spiro atoms. The summed E-state index contributed by atoms with van der Waals surface area (Å²) in [5, 5.41) is 2.92. The minimum Gasteiger partial charge on any atom is -0.497 e. The lowest BCUT2D eigenvalue weighted by atomic mass is 10.0. The number of carbonyl (C=O) groups is 2. The number of ether oxygens (including phenoxy) is 1. The highest BCUT2D eigenvalue weighted by Crippen LogP contribution is 2.19. The second kappa shape index (κ2) is 11.9. The summed E-state index contributed by atoms with van der Waals surface area (Å²) in [4.78, 5) is 28.5. The number of rotatable bonds is 10. The molecule has 0 heterocycles. The van der Waals surface area contributed by atoms with Gasteiger partial charge in [-0.1, -0.05) is 72.3 Å². The Labute approximate surface area is 196 Å². The van der Waals surface area contributed by atoms with Crippen molar-refractivity contribution in [3.63, 3.8) is 0 Å². The second-order valence-electron chi connectivity index (χ2n) is 8.14. The molecule has 0 bridgehead atoms. The molecule has 0 fully saturated rings. The van der Waals surface area contributed by atoms with E-state index in [2.05, 4.69) is 5.32 Å². The summed E-state index contributed by atoms with van der Waals surface area (Å²) >= 11 is 0. The molecule has 3 aromatic carbocycles. The molecule has 0 aliphatic rings. The third-order valence-electron chi connectivity index (χ3n) is 5.59. The van der Waals surface area contributed by atoms with Crippen LogP contribution in [0.3, 0.4) is 0 Å². The van der Waals surface area contributed by atoms with Gasteiger partial charge in [0, 0.05) is 19.5 Å². The normalized spacial score (nSPS) is 11.5. The fourth-order valence-corrected chi connectivity index (χ4v) is 3.80. The molecule has 1 N–H and O–H groups in total. The molecule has 2 amide bonds. The minimum absolute atomic E-state index is 0.0890. The van der Waals surface area contributed by atoms with E-state index in [1.807, 2.05) is 92.7 Å². The van der Waals surface area contributed by atoms with Gasteiger partial charge >= 0.3 is 0 Å². The summed E-state index contributed by atoms with van der Waals surface area (Å²) < 4.78 is 5.36. The van der Waals surface area contributed by atoms with E-state index >= 15 is 0 Å². The first-order valence-electron chi connectivity index (χ1n) is 11.3. The van der Waals surface area contributed by atoms with Crippen molar-refractivity contribution in [1.29, 1.82) is 0 Å². The first kappa shape index (κ1) is 24.1. The highest BCUT2D eigenvalue weighted by atomic mass is 16.5. The lowest BCUT2D eigenvalue weighted by molar-refractivity contribution is -0.140. The molecular weight excluding hydrogens is 412 g/mol. The van der Waals surface area contributed by atoms with E-state index in [-0.39, 0.29) is 18.2 Å².